The molecular formula is C21H22ClN3O4. The zero-order valence-electron chi connectivity index (χ0n) is 16.1. The highest BCUT2D eigenvalue weighted by Gasteiger charge is 2.17. The number of nitrogens with zero attached hydrogens (tertiary/aromatic N) is 2. The third kappa shape index (κ3) is 6.04. The first-order chi connectivity index (χ1) is 14.0. The number of morpholine rings is 1. The first-order valence-electron chi connectivity index (χ1n) is 9.22. The molecular weight excluding hydrogens is 394 g/mol. The van der Waals surface area contributed by atoms with Crippen LogP contribution < -0.4 is 10.2 Å². The predicted octanol–water partition coefficient (Wildman–Crippen LogP) is 2.73. The van der Waals surface area contributed by atoms with Gasteiger partial charge in [-0.25, -0.2) is 5.43 Å². The summed E-state index contributed by atoms with van der Waals surface area (Å²) in [6.45, 7) is 4.10. The van der Waals surface area contributed by atoms with Crippen molar-refractivity contribution in [2.75, 3.05) is 32.9 Å². The van der Waals surface area contributed by atoms with Crippen LogP contribution in [0.1, 0.15) is 22.8 Å². The number of ether oxygens (including phenoxy) is 2. The summed E-state index contributed by atoms with van der Waals surface area (Å²) in [4.78, 5) is 25.9. The van der Waals surface area contributed by atoms with Crippen molar-refractivity contribution in [1.82, 2.24) is 10.3 Å². The molecule has 1 N–H and O–H groups in total. The summed E-state index contributed by atoms with van der Waals surface area (Å²) in [5, 5.41) is 4.69. The molecule has 0 atom stereocenters. The van der Waals surface area contributed by atoms with Crippen LogP contribution in [-0.2, 0) is 9.53 Å². The van der Waals surface area contributed by atoms with Crippen LogP contribution in [0.3, 0.4) is 0 Å². The fraction of sp³-hybridized carbons (Fsp3) is 0.286. The Morgan fingerprint density at radius 3 is 2.34 bits per heavy atom. The molecule has 29 heavy (non-hydrogen) atoms. The summed E-state index contributed by atoms with van der Waals surface area (Å²) in [6, 6.07) is 13.7. The summed E-state index contributed by atoms with van der Waals surface area (Å²) in [5.74, 6) is 0.219. The molecule has 1 fully saturated rings. The van der Waals surface area contributed by atoms with Gasteiger partial charge < -0.3 is 14.4 Å². The molecule has 2 aromatic rings. The number of hydrogen-bond donors (Lipinski definition) is 1. The second-order valence-corrected chi connectivity index (χ2v) is 6.89. The summed E-state index contributed by atoms with van der Waals surface area (Å²) in [6.07, 6.45) is 0. The Labute approximate surface area is 174 Å². The number of nitrogens with one attached hydrogen (secondary N) is 1. The molecule has 152 valence electrons. The maximum atomic E-state index is 12.1. The van der Waals surface area contributed by atoms with Gasteiger partial charge in [-0.1, -0.05) is 11.6 Å². The fourth-order valence-corrected chi connectivity index (χ4v) is 2.83. The highest BCUT2D eigenvalue weighted by Crippen LogP contribution is 2.14. The van der Waals surface area contributed by atoms with Crippen molar-refractivity contribution in [3.63, 3.8) is 0 Å². The van der Waals surface area contributed by atoms with E-state index in [9.17, 15) is 9.59 Å². The summed E-state index contributed by atoms with van der Waals surface area (Å²) in [5.41, 5.74) is 4.46. The van der Waals surface area contributed by atoms with E-state index in [1.54, 1.807) is 48.2 Å². The minimum absolute atomic E-state index is 0.0103. The third-order valence-electron chi connectivity index (χ3n) is 4.43. The Morgan fingerprint density at radius 2 is 1.69 bits per heavy atom. The third-order valence-corrected chi connectivity index (χ3v) is 4.68. The van der Waals surface area contributed by atoms with E-state index < -0.39 is 0 Å². The fourth-order valence-electron chi connectivity index (χ4n) is 2.71. The van der Waals surface area contributed by atoms with Crippen LogP contribution in [0.15, 0.2) is 53.6 Å². The maximum Gasteiger partial charge on any atom is 0.271 e. The molecule has 0 radical (unpaired) electrons. The Balaban J connectivity index is 1.51. The average molecular weight is 416 g/mol. The molecule has 3 rings (SSSR count). The topological polar surface area (TPSA) is 80.2 Å². The molecule has 2 aromatic carbocycles. The maximum absolute atomic E-state index is 12.1. The second-order valence-electron chi connectivity index (χ2n) is 6.45. The van der Waals surface area contributed by atoms with E-state index >= 15 is 0 Å². The van der Waals surface area contributed by atoms with Gasteiger partial charge in [-0.3, -0.25) is 9.59 Å². The van der Waals surface area contributed by atoms with Gasteiger partial charge >= 0.3 is 0 Å². The van der Waals surface area contributed by atoms with Crippen molar-refractivity contribution < 1.29 is 19.1 Å². The smallest absolute Gasteiger partial charge is 0.271 e. The molecule has 2 amide bonds. The van der Waals surface area contributed by atoms with E-state index in [2.05, 4.69) is 10.5 Å². The number of hydrogen-bond acceptors (Lipinski definition) is 5. The molecule has 0 unspecified atom stereocenters. The lowest BCUT2D eigenvalue weighted by atomic mass is 10.1. The van der Waals surface area contributed by atoms with E-state index in [0.29, 0.717) is 48.4 Å². The van der Waals surface area contributed by atoms with Crippen LogP contribution in [0.4, 0.5) is 0 Å². The molecule has 7 nitrogen and oxygen atoms in total. The van der Waals surface area contributed by atoms with Crippen LogP contribution in [0.2, 0.25) is 5.02 Å². The van der Waals surface area contributed by atoms with E-state index in [1.165, 1.54) is 0 Å². The SMILES string of the molecule is C/C(=N/NC(=O)c1ccc(Cl)cc1)c1ccc(OCC(=O)N2CCOCC2)cc1. The Hall–Kier alpha value is -2.90. The standard InChI is InChI=1S/C21H22ClN3O4/c1-15(23-24-21(27)17-2-6-18(22)7-3-17)16-4-8-19(9-5-16)29-14-20(26)25-10-12-28-13-11-25/h2-9H,10-14H2,1H3,(H,24,27)/b23-15-. The summed E-state index contributed by atoms with van der Waals surface area (Å²) in [7, 11) is 0. The molecule has 0 saturated carbocycles. The molecule has 0 aliphatic carbocycles. The number of hydrazone groups is 1. The van der Waals surface area contributed by atoms with Crippen LogP contribution in [0.5, 0.6) is 5.75 Å². The normalized spacial score (nSPS) is 14.4. The lowest BCUT2D eigenvalue weighted by molar-refractivity contribution is -0.137. The minimum atomic E-state index is -0.317. The van der Waals surface area contributed by atoms with E-state index in [1.807, 2.05) is 12.1 Å². The molecule has 0 aromatic heterocycles. The van der Waals surface area contributed by atoms with Gasteiger partial charge in [0, 0.05) is 23.7 Å². The number of rotatable bonds is 6. The minimum Gasteiger partial charge on any atom is -0.484 e. The van der Waals surface area contributed by atoms with Gasteiger partial charge in [0.05, 0.1) is 18.9 Å². The molecule has 1 aliphatic rings. The number of amides is 2. The summed E-state index contributed by atoms with van der Waals surface area (Å²) >= 11 is 5.82. The number of benzene rings is 2. The quantitative estimate of drug-likeness (QED) is 0.581. The highest BCUT2D eigenvalue weighted by molar-refractivity contribution is 6.30. The van der Waals surface area contributed by atoms with Gasteiger partial charge in [0.2, 0.25) is 0 Å². The van der Waals surface area contributed by atoms with Gasteiger partial charge in [0.1, 0.15) is 5.75 Å². The molecule has 1 heterocycles. The zero-order chi connectivity index (χ0) is 20.6. The Kier molecular flexibility index (Phi) is 7.21. The van der Waals surface area contributed by atoms with Crippen molar-refractivity contribution in [1.29, 1.82) is 0 Å². The molecule has 0 bridgehead atoms. The van der Waals surface area contributed by atoms with Crippen LogP contribution in [0, 0.1) is 0 Å². The second kappa shape index (κ2) is 10.0. The predicted molar refractivity (Wildman–Crippen MR) is 110 cm³/mol. The van der Waals surface area contributed by atoms with E-state index in [0.717, 1.165) is 5.56 Å². The largest absolute Gasteiger partial charge is 0.484 e. The van der Waals surface area contributed by atoms with Gasteiger partial charge in [-0.15, -0.1) is 0 Å². The Bertz CT molecular complexity index is 876. The van der Waals surface area contributed by atoms with Crippen LogP contribution in [-0.4, -0.2) is 55.3 Å². The molecule has 1 aliphatic heterocycles. The van der Waals surface area contributed by atoms with E-state index in [-0.39, 0.29) is 18.4 Å². The first kappa shape index (κ1) is 20.8. The molecule has 1 saturated heterocycles. The van der Waals surface area contributed by atoms with Crippen LogP contribution >= 0.6 is 11.6 Å². The van der Waals surface area contributed by atoms with Gasteiger partial charge in [0.15, 0.2) is 6.61 Å². The number of carbonyl (C=O) groups is 2. The van der Waals surface area contributed by atoms with E-state index in [4.69, 9.17) is 21.1 Å². The summed E-state index contributed by atoms with van der Waals surface area (Å²) < 4.78 is 10.8. The van der Waals surface area contributed by atoms with Gasteiger partial charge in [-0.05, 0) is 61.0 Å². The van der Waals surface area contributed by atoms with Gasteiger partial charge in [-0.2, -0.15) is 5.10 Å². The van der Waals surface area contributed by atoms with Crippen molar-refractivity contribution in [2.24, 2.45) is 5.10 Å². The molecule has 0 spiro atoms. The number of halogens is 1. The van der Waals surface area contributed by atoms with Crippen LogP contribution in [0.25, 0.3) is 0 Å². The van der Waals surface area contributed by atoms with Crippen molar-refractivity contribution in [3.8, 4) is 5.75 Å². The van der Waals surface area contributed by atoms with Crippen molar-refractivity contribution in [3.05, 3.63) is 64.7 Å². The first-order valence-corrected chi connectivity index (χ1v) is 9.59. The molecule has 8 heteroatoms. The highest BCUT2D eigenvalue weighted by atomic mass is 35.5. The zero-order valence-corrected chi connectivity index (χ0v) is 16.8. The monoisotopic (exact) mass is 415 g/mol. The van der Waals surface area contributed by atoms with Crippen molar-refractivity contribution in [2.45, 2.75) is 6.92 Å². The van der Waals surface area contributed by atoms with Gasteiger partial charge in [0.25, 0.3) is 11.8 Å². The lowest BCUT2D eigenvalue weighted by Crippen LogP contribution is -2.42. The number of carbonyl (C=O) groups excluding carboxylic acids is 2. The average Bonchev–Trinajstić information content (AvgIpc) is 2.77. The lowest BCUT2D eigenvalue weighted by Gasteiger charge is -2.26. The van der Waals surface area contributed by atoms with Crippen molar-refractivity contribution >= 4 is 29.1 Å². The Morgan fingerprint density at radius 1 is 1.07 bits per heavy atom.